The number of hydrogen-bond donors (Lipinski definition) is 0. The van der Waals surface area contributed by atoms with Gasteiger partial charge in [0.25, 0.3) is 0 Å². The van der Waals surface area contributed by atoms with Crippen molar-refractivity contribution < 1.29 is 9.47 Å². The number of hydrogen-bond acceptors (Lipinski definition) is 3. The molecule has 1 aliphatic carbocycles. The van der Waals surface area contributed by atoms with E-state index in [9.17, 15) is 5.26 Å². The number of benzene rings is 1. The molecule has 0 aromatic heterocycles. The molecule has 2 atom stereocenters. The van der Waals surface area contributed by atoms with Crippen molar-refractivity contribution in [3.63, 3.8) is 0 Å². The molecular weight excluding hydrogens is 238 g/mol. The highest BCUT2D eigenvalue weighted by molar-refractivity contribution is 5.26. The van der Waals surface area contributed by atoms with Gasteiger partial charge in [0.05, 0.1) is 25.2 Å². The SMILES string of the molecule is N#CC(c1ccccc1)C1CCCC2(C1)OCCO2. The average Bonchev–Trinajstić information content (AvgIpc) is 2.89. The van der Waals surface area contributed by atoms with Crippen LogP contribution in [-0.2, 0) is 9.47 Å². The average molecular weight is 257 g/mol. The topological polar surface area (TPSA) is 42.2 Å². The van der Waals surface area contributed by atoms with E-state index in [0.29, 0.717) is 19.1 Å². The molecular formula is C16H19NO2. The third kappa shape index (κ3) is 2.51. The molecule has 1 spiro atoms. The Morgan fingerprint density at radius 2 is 1.95 bits per heavy atom. The summed E-state index contributed by atoms with van der Waals surface area (Å²) in [5.41, 5.74) is 1.12. The van der Waals surface area contributed by atoms with Gasteiger partial charge in [-0.1, -0.05) is 30.3 Å². The molecule has 3 rings (SSSR count). The maximum Gasteiger partial charge on any atom is 0.168 e. The van der Waals surface area contributed by atoms with Crippen LogP contribution >= 0.6 is 0 Å². The lowest BCUT2D eigenvalue weighted by Gasteiger charge is -2.37. The fourth-order valence-electron chi connectivity index (χ4n) is 3.39. The van der Waals surface area contributed by atoms with E-state index in [2.05, 4.69) is 6.07 Å². The molecule has 100 valence electrons. The second-order valence-electron chi connectivity index (χ2n) is 5.48. The van der Waals surface area contributed by atoms with Crippen molar-refractivity contribution in [3.05, 3.63) is 35.9 Å². The molecule has 2 fully saturated rings. The van der Waals surface area contributed by atoms with Gasteiger partial charge in [0.1, 0.15) is 0 Å². The summed E-state index contributed by atoms with van der Waals surface area (Å²) >= 11 is 0. The van der Waals surface area contributed by atoms with Crippen LogP contribution in [0.15, 0.2) is 30.3 Å². The van der Waals surface area contributed by atoms with Gasteiger partial charge < -0.3 is 9.47 Å². The summed E-state index contributed by atoms with van der Waals surface area (Å²) in [7, 11) is 0. The summed E-state index contributed by atoms with van der Waals surface area (Å²) in [5, 5.41) is 9.53. The molecule has 1 aromatic carbocycles. The maximum absolute atomic E-state index is 9.53. The van der Waals surface area contributed by atoms with Crippen LogP contribution in [0.1, 0.15) is 37.2 Å². The summed E-state index contributed by atoms with van der Waals surface area (Å²) in [6, 6.07) is 12.6. The zero-order chi connectivity index (χ0) is 13.1. The van der Waals surface area contributed by atoms with E-state index in [4.69, 9.17) is 9.47 Å². The van der Waals surface area contributed by atoms with Crippen molar-refractivity contribution in [1.29, 1.82) is 5.26 Å². The lowest BCUT2D eigenvalue weighted by atomic mass is 9.75. The molecule has 0 bridgehead atoms. The van der Waals surface area contributed by atoms with Crippen LogP contribution in [0.4, 0.5) is 0 Å². The van der Waals surface area contributed by atoms with Gasteiger partial charge in [-0.25, -0.2) is 0 Å². The van der Waals surface area contributed by atoms with Gasteiger partial charge in [0.15, 0.2) is 5.79 Å². The second-order valence-corrected chi connectivity index (χ2v) is 5.48. The van der Waals surface area contributed by atoms with Crippen molar-refractivity contribution in [2.24, 2.45) is 5.92 Å². The van der Waals surface area contributed by atoms with E-state index in [1.54, 1.807) is 0 Å². The molecule has 2 unspecified atom stereocenters. The Morgan fingerprint density at radius 3 is 2.63 bits per heavy atom. The Kier molecular flexibility index (Phi) is 3.54. The fourth-order valence-corrected chi connectivity index (χ4v) is 3.39. The number of rotatable bonds is 2. The summed E-state index contributed by atoms with van der Waals surface area (Å²) < 4.78 is 11.6. The minimum Gasteiger partial charge on any atom is -0.348 e. The largest absolute Gasteiger partial charge is 0.348 e. The van der Waals surface area contributed by atoms with Gasteiger partial charge in [-0.05, 0) is 24.3 Å². The second kappa shape index (κ2) is 5.32. The van der Waals surface area contributed by atoms with E-state index < -0.39 is 5.79 Å². The molecule has 19 heavy (non-hydrogen) atoms. The summed E-state index contributed by atoms with van der Waals surface area (Å²) in [5.74, 6) is -0.113. The lowest BCUT2D eigenvalue weighted by Crippen LogP contribution is -2.38. The fraction of sp³-hybridized carbons (Fsp3) is 0.562. The minimum absolute atomic E-state index is 0.0498. The predicted molar refractivity (Wildman–Crippen MR) is 71.4 cm³/mol. The molecule has 0 radical (unpaired) electrons. The van der Waals surface area contributed by atoms with Gasteiger partial charge in [-0.3, -0.25) is 0 Å². The number of nitrogens with zero attached hydrogens (tertiary/aromatic N) is 1. The number of ether oxygens (including phenoxy) is 2. The van der Waals surface area contributed by atoms with Crippen molar-refractivity contribution in [2.45, 2.75) is 37.4 Å². The lowest BCUT2D eigenvalue weighted by molar-refractivity contribution is -0.187. The van der Waals surface area contributed by atoms with Crippen LogP contribution in [0.2, 0.25) is 0 Å². The standard InChI is InChI=1S/C16H19NO2/c17-12-15(13-5-2-1-3-6-13)14-7-4-8-16(11-14)18-9-10-19-16/h1-3,5-6,14-15H,4,7-11H2. The quantitative estimate of drug-likeness (QED) is 0.817. The molecule has 1 saturated heterocycles. The smallest absolute Gasteiger partial charge is 0.168 e. The van der Waals surface area contributed by atoms with E-state index in [1.165, 1.54) is 0 Å². The molecule has 1 aromatic rings. The van der Waals surface area contributed by atoms with Crippen molar-refractivity contribution >= 4 is 0 Å². The summed E-state index contributed by atoms with van der Waals surface area (Å²) in [6.07, 6.45) is 3.98. The Hall–Kier alpha value is -1.37. The molecule has 2 aliphatic rings. The van der Waals surface area contributed by atoms with Crippen LogP contribution in [0.3, 0.4) is 0 Å². The highest BCUT2D eigenvalue weighted by Crippen LogP contribution is 2.44. The Balaban J connectivity index is 1.79. The van der Waals surface area contributed by atoms with Gasteiger partial charge >= 0.3 is 0 Å². The first-order valence-corrected chi connectivity index (χ1v) is 7.05. The minimum atomic E-state index is -0.396. The molecule has 0 N–H and O–H groups in total. The third-order valence-electron chi connectivity index (χ3n) is 4.29. The van der Waals surface area contributed by atoms with Crippen molar-refractivity contribution in [2.75, 3.05) is 13.2 Å². The van der Waals surface area contributed by atoms with Gasteiger partial charge in [0.2, 0.25) is 0 Å². The Morgan fingerprint density at radius 1 is 1.21 bits per heavy atom. The Labute approximate surface area is 114 Å². The highest BCUT2D eigenvalue weighted by Gasteiger charge is 2.43. The zero-order valence-corrected chi connectivity index (χ0v) is 11.0. The van der Waals surface area contributed by atoms with Crippen LogP contribution in [-0.4, -0.2) is 19.0 Å². The van der Waals surface area contributed by atoms with Gasteiger partial charge in [0, 0.05) is 12.8 Å². The first kappa shape index (κ1) is 12.7. The van der Waals surface area contributed by atoms with Crippen LogP contribution < -0.4 is 0 Å². The van der Waals surface area contributed by atoms with Crippen LogP contribution in [0.25, 0.3) is 0 Å². The normalized spacial score (nSPS) is 27.0. The van der Waals surface area contributed by atoms with E-state index in [0.717, 1.165) is 31.2 Å². The van der Waals surface area contributed by atoms with Crippen LogP contribution in [0, 0.1) is 17.2 Å². The molecule has 1 heterocycles. The summed E-state index contributed by atoms with van der Waals surface area (Å²) in [6.45, 7) is 1.38. The molecule has 1 aliphatic heterocycles. The third-order valence-corrected chi connectivity index (χ3v) is 4.29. The highest BCUT2D eigenvalue weighted by atomic mass is 16.7. The van der Waals surface area contributed by atoms with Gasteiger partial charge in [-0.15, -0.1) is 0 Å². The first-order chi connectivity index (χ1) is 9.33. The van der Waals surface area contributed by atoms with Gasteiger partial charge in [-0.2, -0.15) is 5.26 Å². The van der Waals surface area contributed by atoms with Crippen molar-refractivity contribution in [3.8, 4) is 6.07 Å². The maximum atomic E-state index is 9.53. The van der Waals surface area contributed by atoms with E-state index in [-0.39, 0.29) is 5.92 Å². The molecule has 0 amide bonds. The first-order valence-electron chi connectivity index (χ1n) is 7.05. The predicted octanol–water partition coefficient (Wildman–Crippen LogP) is 3.23. The molecule has 3 heteroatoms. The number of nitriles is 1. The van der Waals surface area contributed by atoms with E-state index >= 15 is 0 Å². The molecule has 1 saturated carbocycles. The molecule has 3 nitrogen and oxygen atoms in total. The van der Waals surface area contributed by atoms with Crippen molar-refractivity contribution in [1.82, 2.24) is 0 Å². The zero-order valence-electron chi connectivity index (χ0n) is 11.0. The summed E-state index contributed by atoms with van der Waals surface area (Å²) in [4.78, 5) is 0. The monoisotopic (exact) mass is 257 g/mol. The Bertz CT molecular complexity index is 459. The van der Waals surface area contributed by atoms with E-state index in [1.807, 2.05) is 30.3 Å². The van der Waals surface area contributed by atoms with Crippen LogP contribution in [0.5, 0.6) is 0 Å².